The van der Waals surface area contributed by atoms with Gasteiger partial charge in [-0.1, -0.05) is 30.3 Å². The molecule has 0 radical (unpaired) electrons. The van der Waals surface area contributed by atoms with Gasteiger partial charge in [-0.05, 0) is 18.4 Å². The van der Waals surface area contributed by atoms with Gasteiger partial charge in [-0.3, -0.25) is 28.8 Å². The van der Waals surface area contributed by atoms with Gasteiger partial charge in [0, 0.05) is 19.3 Å². The third-order valence-corrected chi connectivity index (χ3v) is 5.29. The molecule has 0 bridgehead atoms. The zero-order valence-electron chi connectivity index (χ0n) is 20.6. The maximum Gasteiger partial charge on any atom is 0.326 e. The van der Waals surface area contributed by atoms with Gasteiger partial charge in [0.05, 0.1) is 12.5 Å². The highest BCUT2D eigenvalue weighted by Gasteiger charge is 2.31. The van der Waals surface area contributed by atoms with Crippen LogP contribution in [-0.4, -0.2) is 70.7 Å². The molecule has 0 fully saturated rings. The summed E-state index contributed by atoms with van der Waals surface area (Å²) in [5.41, 5.74) is 21.7. The Morgan fingerprint density at radius 1 is 0.684 bits per heavy atom. The number of carboxylic acids is 1. The first-order valence-corrected chi connectivity index (χ1v) is 11.6. The molecule has 0 saturated carbocycles. The number of carbonyl (C=O) groups is 7. The van der Waals surface area contributed by atoms with E-state index in [1.807, 2.05) is 0 Å². The van der Waals surface area contributed by atoms with Crippen molar-refractivity contribution in [2.24, 2.45) is 22.9 Å². The van der Waals surface area contributed by atoms with Crippen molar-refractivity contribution in [2.75, 3.05) is 0 Å². The predicted molar refractivity (Wildman–Crippen MR) is 132 cm³/mol. The lowest BCUT2D eigenvalue weighted by Gasteiger charge is -2.25. The van der Waals surface area contributed by atoms with E-state index < -0.39 is 72.0 Å². The quantitative estimate of drug-likeness (QED) is 0.0980. The van der Waals surface area contributed by atoms with Gasteiger partial charge in [0.25, 0.3) is 0 Å². The van der Waals surface area contributed by atoms with E-state index in [9.17, 15) is 38.7 Å². The van der Waals surface area contributed by atoms with Crippen LogP contribution in [-0.2, 0) is 40.0 Å². The summed E-state index contributed by atoms with van der Waals surface area (Å²) in [6.07, 6.45) is -1.64. The largest absolute Gasteiger partial charge is 0.480 e. The average molecular weight is 536 g/mol. The Balaban J connectivity index is 3.09. The third-order valence-electron chi connectivity index (χ3n) is 5.29. The Morgan fingerprint density at radius 3 is 1.71 bits per heavy atom. The maximum absolute atomic E-state index is 13.2. The average Bonchev–Trinajstić information content (AvgIpc) is 2.83. The minimum atomic E-state index is -1.60. The van der Waals surface area contributed by atoms with Gasteiger partial charge in [-0.25, -0.2) is 4.79 Å². The second kappa shape index (κ2) is 15.6. The fraction of sp³-hybridized carbons (Fsp3) is 0.435. The molecular weight excluding hydrogens is 502 g/mol. The number of hydrogen-bond donors (Lipinski definition) is 8. The Labute approximate surface area is 218 Å². The second-order valence-electron chi connectivity index (χ2n) is 8.50. The highest BCUT2D eigenvalue weighted by molar-refractivity contribution is 5.96. The van der Waals surface area contributed by atoms with Crippen LogP contribution < -0.4 is 38.9 Å². The lowest BCUT2D eigenvalue weighted by molar-refractivity contribution is -0.142. The molecule has 0 aliphatic carbocycles. The first-order valence-electron chi connectivity index (χ1n) is 11.6. The minimum Gasteiger partial charge on any atom is -0.480 e. The molecule has 4 atom stereocenters. The smallest absolute Gasteiger partial charge is 0.326 e. The monoisotopic (exact) mass is 535 g/mol. The number of rotatable bonds is 17. The number of aliphatic carboxylic acids is 1. The standard InChI is InChI=1S/C23H33N7O8/c24-13(6-8-17(25)31)20(34)29-15(10-12-4-2-1-3-5-12)21(35)30-16(11-19(27)33)22(36)28-14(23(37)38)7-9-18(26)32/h1-5,13-16H,6-11,24H2,(H2,25,31)(H2,26,32)(H2,27,33)(H,28,36)(H,29,34)(H,30,35)(H,37,38). The van der Waals surface area contributed by atoms with Crippen molar-refractivity contribution < 1.29 is 38.7 Å². The van der Waals surface area contributed by atoms with Crippen molar-refractivity contribution in [2.45, 2.75) is 62.7 Å². The fourth-order valence-corrected chi connectivity index (χ4v) is 3.27. The molecule has 1 aromatic rings. The van der Waals surface area contributed by atoms with Crippen molar-refractivity contribution in [3.05, 3.63) is 35.9 Å². The van der Waals surface area contributed by atoms with Crippen LogP contribution in [0.5, 0.6) is 0 Å². The van der Waals surface area contributed by atoms with Gasteiger partial charge in [0.2, 0.25) is 35.4 Å². The van der Waals surface area contributed by atoms with Crippen LogP contribution in [0.2, 0.25) is 0 Å². The molecule has 12 N–H and O–H groups in total. The number of nitrogens with one attached hydrogen (secondary N) is 3. The number of carboxylic acid groups (broad SMARTS) is 1. The Kier molecular flexibility index (Phi) is 12.9. The summed E-state index contributed by atoms with van der Waals surface area (Å²) in [4.78, 5) is 83.6. The van der Waals surface area contributed by atoms with E-state index in [0.717, 1.165) is 0 Å². The van der Waals surface area contributed by atoms with Crippen LogP contribution in [0.3, 0.4) is 0 Å². The second-order valence-corrected chi connectivity index (χ2v) is 8.50. The number of nitrogens with two attached hydrogens (primary N) is 4. The van der Waals surface area contributed by atoms with Crippen molar-refractivity contribution in [3.8, 4) is 0 Å². The molecule has 0 saturated heterocycles. The van der Waals surface area contributed by atoms with Gasteiger partial charge >= 0.3 is 5.97 Å². The molecule has 6 amide bonds. The summed E-state index contributed by atoms with van der Waals surface area (Å²) in [5, 5.41) is 16.2. The molecule has 0 heterocycles. The van der Waals surface area contributed by atoms with Crippen molar-refractivity contribution in [1.29, 1.82) is 0 Å². The number of hydrogen-bond acceptors (Lipinski definition) is 8. The van der Waals surface area contributed by atoms with Gasteiger partial charge in [-0.15, -0.1) is 0 Å². The first-order chi connectivity index (χ1) is 17.8. The van der Waals surface area contributed by atoms with Crippen LogP contribution in [0.15, 0.2) is 30.3 Å². The Morgan fingerprint density at radius 2 is 1.18 bits per heavy atom. The van der Waals surface area contributed by atoms with E-state index in [1.165, 1.54) is 0 Å². The molecule has 15 heteroatoms. The van der Waals surface area contributed by atoms with E-state index in [1.54, 1.807) is 30.3 Å². The van der Waals surface area contributed by atoms with Crippen molar-refractivity contribution in [1.82, 2.24) is 16.0 Å². The van der Waals surface area contributed by atoms with E-state index in [0.29, 0.717) is 5.56 Å². The molecule has 4 unspecified atom stereocenters. The summed E-state index contributed by atoms with van der Waals surface area (Å²) in [7, 11) is 0. The number of amides is 6. The number of primary amides is 3. The fourth-order valence-electron chi connectivity index (χ4n) is 3.27. The molecule has 1 rings (SSSR count). The molecule has 1 aromatic carbocycles. The molecule has 0 aromatic heterocycles. The first kappa shape index (κ1) is 31.5. The van der Waals surface area contributed by atoms with Crippen LogP contribution in [0.1, 0.15) is 37.7 Å². The zero-order chi connectivity index (χ0) is 28.8. The van der Waals surface area contributed by atoms with Gasteiger partial charge in [0.15, 0.2) is 0 Å². The lowest BCUT2D eigenvalue weighted by Crippen LogP contribution is -2.58. The highest BCUT2D eigenvalue weighted by atomic mass is 16.4. The molecule has 0 aliphatic heterocycles. The van der Waals surface area contributed by atoms with Crippen LogP contribution in [0.4, 0.5) is 0 Å². The summed E-state index contributed by atoms with van der Waals surface area (Å²) in [6.45, 7) is 0. The van der Waals surface area contributed by atoms with Crippen molar-refractivity contribution in [3.63, 3.8) is 0 Å². The minimum absolute atomic E-state index is 0.0395. The maximum atomic E-state index is 13.2. The summed E-state index contributed by atoms with van der Waals surface area (Å²) in [5.74, 6) is -6.62. The Hall–Kier alpha value is -4.53. The highest BCUT2D eigenvalue weighted by Crippen LogP contribution is 2.07. The normalized spacial score (nSPS) is 13.7. The number of carbonyl (C=O) groups excluding carboxylic acids is 6. The van der Waals surface area contributed by atoms with Gasteiger partial charge in [-0.2, -0.15) is 0 Å². The number of benzene rings is 1. The third kappa shape index (κ3) is 11.9. The van der Waals surface area contributed by atoms with Crippen LogP contribution >= 0.6 is 0 Å². The zero-order valence-corrected chi connectivity index (χ0v) is 20.6. The van der Waals surface area contributed by atoms with E-state index in [2.05, 4.69) is 16.0 Å². The Bertz CT molecular complexity index is 1030. The SMILES string of the molecule is NC(=O)CCC(N)C(=O)NC(Cc1ccccc1)C(=O)NC(CC(N)=O)C(=O)NC(CCC(N)=O)C(=O)O. The van der Waals surface area contributed by atoms with Crippen LogP contribution in [0.25, 0.3) is 0 Å². The summed E-state index contributed by atoms with van der Waals surface area (Å²) >= 11 is 0. The molecular formula is C23H33N7O8. The van der Waals surface area contributed by atoms with Crippen molar-refractivity contribution >= 4 is 41.4 Å². The summed E-state index contributed by atoms with van der Waals surface area (Å²) in [6, 6.07) is 2.92. The van der Waals surface area contributed by atoms with E-state index in [-0.39, 0.29) is 32.1 Å². The molecule has 208 valence electrons. The van der Waals surface area contributed by atoms with Gasteiger partial charge < -0.3 is 44.0 Å². The van der Waals surface area contributed by atoms with E-state index >= 15 is 0 Å². The lowest BCUT2D eigenvalue weighted by atomic mass is 10.0. The predicted octanol–water partition coefficient (Wildman–Crippen LogP) is -3.50. The molecule has 38 heavy (non-hydrogen) atoms. The molecule has 15 nitrogen and oxygen atoms in total. The van der Waals surface area contributed by atoms with Gasteiger partial charge in [0.1, 0.15) is 18.1 Å². The molecule has 0 spiro atoms. The summed E-state index contributed by atoms with van der Waals surface area (Å²) < 4.78 is 0. The topological polar surface area (TPSA) is 280 Å². The van der Waals surface area contributed by atoms with Crippen LogP contribution in [0, 0.1) is 0 Å². The van der Waals surface area contributed by atoms with E-state index in [4.69, 9.17) is 22.9 Å². The molecule has 0 aliphatic rings.